The highest BCUT2D eigenvalue weighted by Gasteiger charge is 2.17. The van der Waals surface area contributed by atoms with Crippen LogP contribution in [0, 0.1) is 0 Å². The van der Waals surface area contributed by atoms with E-state index in [2.05, 4.69) is 0 Å². The van der Waals surface area contributed by atoms with E-state index in [1.54, 1.807) is 0 Å². The van der Waals surface area contributed by atoms with Crippen LogP contribution < -0.4 is 0 Å². The second-order valence-electron chi connectivity index (χ2n) is 5.90. The molecule has 1 unspecified atom stereocenters. The van der Waals surface area contributed by atoms with Gasteiger partial charge in [-0.15, -0.1) is 0 Å². The maximum atomic E-state index is 12.3. The molecule has 0 aromatic heterocycles. The molecular formula is C17H20O3S. The molecule has 0 saturated carbocycles. The van der Waals surface area contributed by atoms with Gasteiger partial charge in [-0.05, 0) is 43.7 Å². The van der Waals surface area contributed by atoms with Crippen LogP contribution in [0.15, 0.2) is 47.4 Å². The van der Waals surface area contributed by atoms with Gasteiger partial charge in [-0.1, -0.05) is 30.3 Å². The van der Waals surface area contributed by atoms with Gasteiger partial charge in [0.15, 0.2) is 0 Å². The molecule has 0 fully saturated rings. The van der Waals surface area contributed by atoms with Crippen LogP contribution in [0.25, 0.3) is 10.8 Å². The molecule has 0 bridgehead atoms. The first kappa shape index (κ1) is 15.7. The first-order valence-corrected chi connectivity index (χ1v) is 8.26. The van der Waals surface area contributed by atoms with Gasteiger partial charge in [0.25, 0.3) is 0 Å². The van der Waals surface area contributed by atoms with Crippen molar-refractivity contribution in [3.8, 4) is 0 Å². The molecule has 0 N–H and O–H groups in total. The topological polar surface area (TPSA) is 43.4 Å². The number of ether oxygens (including phenoxy) is 1. The largest absolute Gasteiger partial charge is 0.460 e. The van der Waals surface area contributed by atoms with Crippen molar-refractivity contribution in [1.82, 2.24) is 0 Å². The first-order valence-electron chi connectivity index (χ1n) is 6.94. The van der Waals surface area contributed by atoms with Gasteiger partial charge >= 0.3 is 5.97 Å². The Morgan fingerprint density at radius 3 is 2.43 bits per heavy atom. The highest BCUT2D eigenvalue weighted by Crippen LogP contribution is 2.18. The summed E-state index contributed by atoms with van der Waals surface area (Å²) in [6.45, 7) is 5.47. The molecule has 0 radical (unpaired) electrons. The fourth-order valence-corrected chi connectivity index (χ4v) is 3.06. The second-order valence-corrected chi connectivity index (χ2v) is 7.47. The molecule has 2 aromatic rings. The van der Waals surface area contributed by atoms with E-state index in [1.165, 1.54) is 0 Å². The maximum absolute atomic E-state index is 12.3. The molecule has 2 aromatic carbocycles. The Labute approximate surface area is 127 Å². The van der Waals surface area contributed by atoms with Gasteiger partial charge in [-0.2, -0.15) is 0 Å². The normalized spacial score (nSPS) is 13.1. The van der Waals surface area contributed by atoms with Crippen molar-refractivity contribution in [3.05, 3.63) is 42.5 Å². The van der Waals surface area contributed by atoms with E-state index in [9.17, 15) is 9.00 Å². The minimum Gasteiger partial charge on any atom is -0.460 e. The van der Waals surface area contributed by atoms with E-state index >= 15 is 0 Å². The molecule has 0 saturated heterocycles. The van der Waals surface area contributed by atoms with Gasteiger partial charge in [0.2, 0.25) is 0 Å². The van der Waals surface area contributed by atoms with Crippen LogP contribution in [-0.2, 0) is 20.3 Å². The smallest absolute Gasteiger partial charge is 0.307 e. The summed E-state index contributed by atoms with van der Waals surface area (Å²) < 4.78 is 17.5. The molecule has 4 heteroatoms. The molecule has 0 aliphatic rings. The average molecular weight is 304 g/mol. The Bertz CT molecular complexity index is 671. The van der Waals surface area contributed by atoms with Gasteiger partial charge in [0.1, 0.15) is 5.60 Å². The lowest BCUT2D eigenvalue weighted by Gasteiger charge is -2.19. The molecule has 0 heterocycles. The third-order valence-corrected chi connectivity index (χ3v) is 4.25. The summed E-state index contributed by atoms with van der Waals surface area (Å²) in [7, 11) is -1.19. The molecular weight excluding hydrogens is 284 g/mol. The maximum Gasteiger partial charge on any atom is 0.307 e. The summed E-state index contributed by atoms with van der Waals surface area (Å²) in [5, 5.41) is 2.17. The van der Waals surface area contributed by atoms with Crippen molar-refractivity contribution < 1.29 is 13.7 Å². The zero-order valence-corrected chi connectivity index (χ0v) is 13.4. The fraction of sp³-hybridized carbons (Fsp3) is 0.353. The van der Waals surface area contributed by atoms with E-state index < -0.39 is 16.4 Å². The quantitative estimate of drug-likeness (QED) is 0.809. The van der Waals surface area contributed by atoms with Crippen molar-refractivity contribution in [3.63, 3.8) is 0 Å². The van der Waals surface area contributed by atoms with Gasteiger partial charge < -0.3 is 4.74 Å². The molecule has 3 nitrogen and oxygen atoms in total. The predicted octanol–water partition coefficient (Wildman–Crippen LogP) is 3.68. The standard InChI is InChI=1S/C17H20O3S/c1-17(2,3)20-16(18)10-11-21(19)15-9-8-13-6-4-5-7-14(13)12-15/h4-9,12H,10-11H2,1-3H3. The highest BCUT2D eigenvalue weighted by atomic mass is 32.2. The minimum atomic E-state index is -1.19. The van der Waals surface area contributed by atoms with E-state index in [0.29, 0.717) is 0 Å². The van der Waals surface area contributed by atoms with Crippen LogP contribution in [-0.4, -0.2) is 21.5 Å². The van der Waals surface area contributed by atoms with Crippen LogP contribution in [0.4, 0.5) is 0 Å². The molecule has 0 spiro atoms. The Balaban J connectivity index is 2.00. The van der Waals surface area contributed by atoms with Crippen LogP contribution in [0.5, 0.6) is 0 Å². The number of carbonyl (C=O) groups is 1. The third-order valence-electron chi connectivity index (χ3n) is 2.90. The van der Waals surface area contributed by atoms with Gasteiger partial charge in [0.05, 0.1) is 17.2 Å². The number of fused-ring (bicyclic) bond motifs is 1. The van der Waals surface area contributed by atoms with Crippen molar-refractivity contribution in [2.75, 3.05) is 5.75 Å². The van der Waals surface area contributed by atoms with E-state index in [1.807, 2.05) is 63.2 Å². The third kappa shape index (κ3) is 4.67. The lowest BCUT2D eigenvalue weighted by atomic mass is 10.1. The number of benzene rings is 2. The highest BCUT2D eigenvalue weighted by molar-refractivity contribution is 7.85. The van der Waals surface area contributed by atoms with Crippen molar-refractivity contribution in [1.29, 1.82) is 0 Å². The SMILES string of the molecule is CC(C)(C)OC(=O)CCS(=O)c1ccc2ccccc2c1. The monoisotopic (exact) mass is 304 g/mol. The average Bonchev–Trinajstić information content (AvgIpc) is 2.42. The zero-order chi connectivity index (χ0) is 15.5. The molecule has 0 aliphatic carbocycles. The van der Waals surface area contributed by atoms with Crippen LogP contribution >= 0.6 is 0 Å². The van der Waals surface area contributed by atoms with Crippen molar-refractivity contribution >= 4 is 27.5 Å². The summed E-state index contributed by atoms with van der Waals surface area (Å²) in [6.07, 6.45) is 0.163. The fourth-order valence-electron chi connectivity index (χ4n) is 2.00. The summed E-state index contributed by atoms with van der Waals surface area (Å²) in [4.78, 5) is 12.4. The van der Waals surface area contributed by atoms with E-state index in [-0.39, 0.29) is 18.1 Å². The van der Waals surface area contributed by atoms with Crippen LogP contribution in [0.2, 0.25) is 0 Å². The Hall–Kier alpha value is -1.68. The summed E-state index contributed by atoms with van der Waals surface area (Å²) in [5.74, 6) is -0.0237. The second kappa shape index (κ2) is 6.39. The lowest BCUT2D eigenvalue weighted by molar-refractivity contribution is -0.154. The number of hydrogen-bond donors (Lipinski definition) is 0. The van der Waals surface area contributed by atoms with Gasteiger partial charge in [-0.3, -0.25) is 9.00 Å². The molecule has 1 atom stereocenters. The van der Waals surface area contributed by atoms with Crippen LogP contribution in [0.1, 0.15) is 27.2 Å². The van der Waals surface area contributed by atoms with Gasteiger partial charge in [0, 0.05) is 10.6 Å². The summed E-state index contributed by atoms with van der Waals surface area (Å²) >= 11 is 0. The minimum absolute atomic E-state index is 0.163. The van der Waals surface area contributed by atoms with E-state index in [4.69, 9.17) is 4.74 Å². The predicted molar refractivity (Wildman–Crippen MR) is 85.7 cm³/mol. The molecule has 0 amide bonds. The van der Waals surface area contributed by atoms with Crippen molar-refractivity contribution in [2.45, 2.75) is 37.7 Å². The molecule has 2 rings (SSSR count). The zero-order valence-electron chi connectivity index (χ0n) is 12.6. The molecule has 21 heavy (non-hydrogen) atoms. The number of carbonyl (C=O) groups excluding carboxylic acids is 1. The summed E-state index contributed by atoms with van der Waals surface area (Å²) in [5.41, 5.74) is -0.498. The van der Waals surface area contributed by atoms with Crippen molar-refractivity contribution in [2.24, 2.45) is 0 Å². The Morgan fingerprint density at radius 2 is 1.76 bits per heavy atom. The van der Waals surface area contributed by atoms with Crippen LogP contribution in [0.3, 0.4) is 0 Å². The molecule has 112 valence electrons. The van der Waals surface area contributed by atoms with E-state index in [0.717, 1.165) is 15.7 Å². The summed E-state index contributed by atoms with van der Waals surface area (Å²) in [6, 6.07) is 13.7. The van der Waals surface area contributed by atoms with Gasteiger partial charge in [-0.25, -0.2) is 0 Å². The Kier molecular flexibility index (Phi) is 4.78. The number of hydrogen-bond acceptors (Lipinski definition) is 3. The molecule has 0 aliphatic heterocycles. The Morgan fingerprint density at radius 1 is 1.10 bits per heavy atom. The number of esters is 1. The lowest BCUT2D eigenvalue weighted by Crippen LogP contribution is -2.24. The number of rotatable bonds is 4. The first-order chi connectivity index (χ1) is 9.85.